The van der Waals surface area contributed by atoms with Crippen molar-refractivity contribution in [1.29, 1.82) is 0 Å². The van der Waals surface area contributed by atoms with E-state index in [2.05, 4.69) is 13.6 Å². The highest BCUT2D eigenvalue weighted by Crippen LogP contribution is 2.27. The van der Waals surface area contributed by atoms with Gasteiger partial charge in [0.25, 0.3) is 0 Å². The molecule has 1 aliphatic heterocycles. The molecule has 1 saturated heterocycles. The largest absolute Gasteiger partial charge is 0.396 e. The van der Waals surface area contributed by atoms with Crippen LogP contribution in [0.1, 0.15) is 12.8 Å². The van der Waals surface area contributed by atoms with Gasteiger partial charge in [-0.05, 0) is 18.8 Å². The van der Waals surface area contributed by atoms with E-state index in [1.54, 1.807) is 0 Å². The van der Waals surface area contributed by atoms with Crippen molar-refractivity contribution >= 4 is 29.1 Å². The van der Waals surface area contributed by atoms with Crippen LogP contribution in [-0.2, 0) is 0 Å². The van der Waals surface area contributed by atoms with E-state index in [1.165, 1.54) is 0 Å². The first-order valence-corrected chi connectivity index (χ1v) is 5.76. The first kappa shape index (κ1) is 10.1. The van der Waals surface area contributed by atoms with Crippen LogP contribution in [0.2, 0.25) is 5.15 Å². The summed E-state index contributed by atoms with van der Waals surface area (Å²) in [6.45, 7) is 2.04. The molecule has 2 rings (SSSR count). The number of aliphatic hydroxyl groups is 1. The van der Waals surface area contributed by atoms with Crippen molar-refractivity contribution < 1.29 is 5.11 Å². The first-order chi connectivity index (χ1) is 6.81. The fourth-order valence-corrected chi connectivity index (χ4v) is 2.55. The number of aromatic nitrogens is 2. The van der Waals surface area contributed by atoms with Crippen LogP contribution in [0.5, 0.6) is 0 Å². The van der Waals surface area contributed by atoms with Gasteiger partial charge in [-0.3, -0.25) is 0 Å². The van der Waals surface area contributed by atoms with E-state index in [1.807, 2.05) is 0 Å². The van der Waals surface area contributed by atoms with E-state index in [0.717, 1.165) is 43.5 Å². The minimum atomic E-state index is 0.242. The van der Waals surface area contributed by atoms with E-state index in [4.69, 9.17) is 16.7 Å². The molecule has 0 saturated carbocycles. The summed E-state index contributed by atoms with van der Waals surface area (Å²) in [4.78, 5) is 2.11. The fraction of sp³-hybridized carbons (Fsp3) is 0.750. The number of halogens is 1. The second-order valence-corrected chi connectivity index (χ2v) is 4.40. The lowest BCUT2D eigenvalue weighted by molar-refractivity contribution is 0.208. The van der Waals surface area contributed by atoms with E-state index >= 15 is 0 Å². The molecule has 6 heteroatoms. The molecule has 0 aliphatic carbocycles. The van der Waals surface area contributed by atoms with Gasteiger partial charge in [-0.1, -0.05) is 11.6 Å². The van der Waals surface area contributed by atoms with Gasteiger partial charge in [0, 0.05) is 19.7 Å². The van der Waals surface area contributed by atoms with Crippen LogP contribution >= 0.6 is 23.3 Å². The summed E-state index contributed by atoms with van der Waals surface area (Å²) in [6, 6.07) is 0. The fourth-order valence-electron chi connectivity index (χ4n) is 1.77. The lowest BCUT2D eigenvalue weighted by atomic mass is 9.99. The average molecular weight is 234 g/mol. The Morgan fingerprint density at radius 3 is 3.07 bits per heavy atom. The normalized spacial score (nSPS) is 22.7. The molecule has 1 aromatic rings. The van der Waals surface area contributed by atoms with Crippen LogP contribution in [0.15, 0.2) is 0 Å². The second-order valence-electron chi connectivity index (χ2n) is 3.52. The summed E-state index contributed by atoms with van der Waals surface area (Å²) >= 11 is 7.03. The van der Waals surface area contributed by atoms with Gasteiger partial charge in [0.2, 0.25) is 0 Å². The molecule has 4 nitrogen and oxygen atoms in total. The molecule has 0 radical (unpaired) electrons. The topological polar surface area (TPSA) is 49.2 Å². The summed E-state index contributed by atoms with van der Waals surface area (Å²) in [5.74, 6) is 1.12. The zero-order chi connectivity index (χ0) is 9.97. The zero-order valence-electron chi connectivity index (χ0n) is 7.69. The van der Waals surface area contributed by atoms with Crippen LogP contribution < -0.4 is 4.90 Å². The lowest BCUT2D eigenvalue weighted by Crippen LogP contribution is -2.37. The van der Waals surface area contributed by atoms with Gasteiger partial charge >= 0.3 is 0 Å². The molecule has 0 bridgehead atoms. The minimum absolute atomic E-state index is 0.242. The Morgan fingerprint density at radius 2 is 2.43 bits per heavy atom. The van der Waals surface area contributed by atoms with Crippen LogP contribution in [0.4, 0.5) is 5.82 Å². The maximum Gasteiger partial charge on any atom is 0.187 e. The van der Waals surface area contributed by atoms with Crippen molar-refractivity contribution in [1.82, 2.24) is 8.75 Å². The van der Waals surface area contributed by atoms with Gasteiger partial charge in [-0.15, -0.1) is 0 Å². The Labute approximate surface area is 91.8 Å². The predicted molar refractivity (Wildman–Crippen MR) is 56.9 cm³/mol. The zero-order valence-corrected chi connectivity index (χ0v) is 9.26. The maximum absolute atomic E-state index is 9.08. The quantitative estimate of drug-likeness (QED) is 0.839. The predicted octanol–water partition coefficient (Wildman–Crippen LogP) is 1.40. The molecule has 0 aromatic carbocycles. The third-order valence-corrected chi connectivity index (χ3v) is 3.38. The maximum atomic E-state index is 9.08. The molecule has 1 fully saturated rings. The highest BCUT2D eigenvalue weighted by molar-refractivity contribution is 6.99. The average Bonchev–Trinajstić information content (AvgIpc) is 2.65. The van der Waals surface area contributed by atoms with E-state index in [0.29, 0.717) is 11.1 Å². The van der Waals surface area contributed by atoms with Crippen molar-refractivity contribution in [3.63, 3.8) is 0 Å². The molecule has 0 spiro atoms. The minimum Gasteiger partial charge on any atom is -0.396 e. The van der Waals surface area contributed by atoms with Crippen molar-refractivity contribution in [3.05, 3.63) is 5.15 Å². The monoisotopic (exact) mass is 233 g/mol. The third kappa shape index (κ3) is 1.99. The summed E-state index contributed by atoms with van der Waals surface area (Å²) in [5.41, 5.74) is 0. The molecule has 0 amide bonds. The SMILES string of the molecule is OCC1CCCN(c2nsnc2Cl)C1. The molecule has 1 N–H and O–H groups in total. The van der Waals surface area contributed by atoms with Gasteiger partial charge in [0.1, 0.15) is 0 Å². The number of hydrogen-bond donors (Lipinski definition) is 1. The summed E-state index contributed by atoms with van der Waals surface area (Å²) in [7, 11) is 0. The van der Waals surface area contributed by atoms with Gasteiger partial charge in [0.05, 0.1) is 11.7 Å². The number of rotatable bonds is 2. The van der Waals surface area contributed by atoms with Crippen LogP contribution in [0.25, 0.3) is 0 Å². The Bertz CT molecular complexity index is 307. The van der Waals surface area contributed by atoms with Crippen molar-refractivity contribution in [3.8, 4) is 0 Å². The standard InChI is InChI=1S/C8H12ClN3OS/c9-7-8(11-14-10-7)12-3-1-2-6(4-12)5-13/h6,13H,1-5H2. The molecule has 14 heavy (non-hydrogen) atoms. The molecule has 1 atom stereocenters. The third-order valence-electron chi connectivity index (χ3n) is 2.51. The molecule has 1 aromatic heterocycles. The molecule has 2 heterocycles. The van der Waals surface area contributed by atoms with Gasteiger partial charge in [-0.25, -0.2) is 0 Å². The van der Waals surface area contributed by atoms with Crippen molar-refractivity contribution in [2.45, 2.75) is 12.8 Å². The second kappa shape index (κ2) is 4.42. The molecule has 1 unspecified atom stereocenters. The summed E-state index contributed by atoms with van der Waals surface area (Å²) in [5, 5.41) is 9.56. The number of aliphatic hydroxyl groups excluding tert-OH is 1. The van der Waals surface area contributed by atoms with Gasteiger partial charge in [0.15, 0.2) is 11.0 Å². The van der Waals surface area contributed by atoms with Crippen LogP contribution in [0, 0.1) is 5.92 Å². The smallest absolute Gasteiger partial charge is 0.187 e. The number of piperidine rings is 1. The molecular weight excluding hydrogens is 222 g/mol. The molecule has 78 valence electrons. The van der Waals surface area contributed by atoms with E-state index in [-0.39, 0.29) is 6.61 Å². The summed E-state index contributed by atoms with van der Waals surface area (Å²) in [6.07, 6.45) is 2.17. The number of hydrogen-bond acceptors (Lipinski definition) is 5. The molecule has 1 aliphatic rings. The van der Waals surface area contributed by atoms with Gasteiger partial charge in [-0.2, -0.15) is 8.75 Å². The van der Waals surface area contributed by atoms with Crippen molar-refractivity contribution in [2.24, 2.45) is 5.92 Å². The first-order valence-electron chi connectivity index (χ1n) is 4.65. The van der Waals surface area contributed by atoms with Crippen LogP contribution in [-0.4, -0.2) is 33.6 Å². The summed E-state index contributed by atoms with van der Waals surface area (Å²) < 4.78 is 8.09. The van der Waals surface area contributed by atoms with E-state index in [9.17, 15) is 0 Å². The Balaban J connectivity index is 2.08. The Hall–Kier alpha value is -0.390. The highest BCUT2D eigenvalue weighted by atomic mass is 35.5. The van der Waals surface area contributed by atoms with E-state index < -0.39 is 0 Å². The number of anilines is 1. The molecular formula is C8H12ClN3OS. The van der Waals surface area contributed by atoms with Gasteiger partial charge < -0.3 is 10.0 Å². The Morgan fingerprint density at radius 1 is 1.57 bits per heavy atom. The number of nitrogens with zero attached hydrogens (tertiary/aromatic N) is 3. The van der Waals surface area contributed by atoms with Crippen molar-refractivity contribution in [2.75, 3.05) is 24.6 Å². The lowest BCUT2D eigenvalue weighted by Gasteiger charge is -2.31. The van der Waals surface area contributed by atoms with Crippen LogP contribution in [0.3, 0.4) is 0 Å². The highest BCUT2D eigenvalue weighted by Gasteiger charge is 2.22. The Kier molecular flexibility index (Phi) is 3.20.